The molecule has 1 unspecified atom stereocenters. The third-order valence-corrected chi connectivity index (χ3v) is 6.62. The summed E-state index contributed by atoms with van der Waals surface area (Å²) < 4.78 is 6.87. The van der Waals surface area contributed by atoms with E-state index in [2.05, 4.69) is 22.5 Å². The molecule has 8 heteroatoms. The number of carbonyl (C=O) groups is 2. The van der Waals surface area contributed by atoms with Crippen LogP contribution in [0, 0.1) is 0 Å². The number of benzene rings is 1. The Kier molecular flexibility index (Phi) is 5.80. The molecule has 1 aliphatic heterocycles. The minimum Gasteiger partial charge on any atom is -0.464 e. The number of carbonyl (C=O) groups excluding carboxylic acids is 2. The number of amides is 1. The summed E-state index contributed by atoms with van der Waals surface area (Å²) in [5.41, 5.74) is 4.80. The summed E-state index contributed by atoms with van der Waals surface area (Å²) in [6.45, 7) is 4.64. The summed E-state index contributed by atoms with van der Waals surface area (Å²) >= 11 is 0. The lowest BCUT2D eigenvalue weighted by atomic mass is 10.00. The molecule has 0 aliphatic carbocycles. The molecule has 5 rings (SSSR count). The summed E-state index contributed by atoms with van der Waals surface area (Å²) in [5.74, 6) is 0.594. The van der Waals surface area contributed by atoms with Crippen LogP contribution >= 0.6 is 0 Å². The maximum atomic E-state index is 12.8. The zero-order valence-corrected chi connectivity index (χ0v) is 20.3. The van der Waals surface area contributed by atoms with Gasteiger partial charge in [-0.25, -0.2) is 14.8 Å². The predicted molar refractivity (Wildman–Crippen MR) is 133 cm³/mol. The third-order valence-electron chi connectivity index (χ3n) is 6.62. The molecule has 178 valence electrons. The van der Waals surface area contributed by atoms with Crippen molar-refractivity contribution in [2.75, 3.05) is 14.2 Å². The number of aryl methyl sites for hydroxylation is 1. The number of ether oxygens (including phenoxy) is 1. The van der Waals surface area contributed by atoms with Gasteiger partial charge in [-0.15, -0.1) is 0 Å². The molecule has 1 amide bonds. The van der Waals surface area contributed by atoms with Crippen molar-refractivity contribution < 1.29 is 14.3 Å². The summed E-state index contributed by atoms with van der Waals surface area (Å²) in [5, 5.41) is 2.02. The summed E-state index contributed by atoms with van der Waals surface area (Å²) in [7, 11) is 3.19. The zero-order valence-electron chi connectivity index (χ0n) is 20.3. The summed E-state index contributed by atoms with van der Waals surface area (Å²) in [6, 6.07) is 11.4. The van der Waals surface area contributed by atoms with E-state index < -0.39 is 5.97 Å². The van der Waals surface area contributed by atoms with Crippen LogP contribution in [0.1, 0.15) is 48.3 Å². The van der Waals surface area contributed by atoms with Crippen molar-refractivity contribution in [3.05, 3.63) is 66.0 Å². The SMILES string of the molecule is CCc1nc(-c2cccc3cc(-c4ccc(C(=O)OC)nc4)ncc23)c2n1C(CC)C(=O)N(C)C2. The van der Waals surface area contributed by atoms with Gasteiger partial charge in [0.15, 0.2) is 0 Å². The second kappa shape index (κ2) is 8.94. The minimum atomic E-state index is -0.472. The van der Waals surface area contributed by atoms with Crippen LogP contribution in [0.3, 0.4) is 0 Å². The quantitative estimate of drug-likeness (QED) is 0.402. The average molecular weight is 470 g/mol. The van der Waals surface area contributed by atoms with Crippen LogP contribution in [-0.2, 0) is 22.5 Å². The molecule has 1 aliphatic rings. The van der Waals surface area contributed by atoms with Gasteiger partial charge in [0.1, 0.15) is 17.6 Å². The molecule has 0 saturated heterocycles. The summed E-state index contributed by atoms with van der Waals surface area (Å²) in [6.07, 6.45) is 4.96. The Morgan fingerprint density at radius 2 is 1.97 bits per heavy atom. The van der Waals surface area contributed by atoms with E-state index >= 15 is 0 Å². The second-order valence-electron chi connectivity index (χ2n) is 8.69. The molecule has 0 bridgehead atoms. The van der Waals surface area contributed by atoms with Gasteiger partial charge >= 0.3 is 5.97 Å². The van der Waals surface area contributed by atoms with Crippen LogP contribution < -0.4 is 0 Å². The van der Waals surface area contributed by atoms with Crippen LogP contribution in [0.5, 0.6) is 0 Å². The number of pyridine rings is 2. The molecule has 3 aromatic heterocycles. The number of nitrogens with zero attached hydrogens (tertiary/aromatic N) is 5. The van der Waals surface area contributed by atoms with Gasteiger partial charge in [0.05, 0.1) is 30.7 Å². The highest BCUT2D eigenvalue weighted by Crippen LogP contribution is 2.37. The fourth-order valence-corrected chi connectivity index (χ4v) is 4.83. The van der Waals surface area contributed by atoms with E-state index in [1.807, 2.05) is 44.4 Å². The van der Waals surface area contributed by atoms with Crippen LogP contribution in [0.15, 0.2) is 48.8 Å². The second-order valence-corrected chi connectivity index (χ2v) is 8.69. The number of fused-ring (bicyclic) bond motifs is 2. The van der Waals surface area contributed by atoms with Crippen molar-refractivity contribution >= 4 is 22.6 Å². The first-order chi connectivity index (χ1) is 17.0. The molecule has 4 aromatic rings. The maximum Gasteiger partial charge on any atom is 0.356 e. The smallest absolute Gasteiger partial charge is 0.356 e. The Morgan fingerprint density at radius 3 is 2.66 bits per heavy atom. The molecule has 0 spiro atoms. The van der Waals surface area contributed by atoms with Crippen molar-refractivity contribution in [1.29, 1.82) is 0 Å². The number of likely N-dealkylation sites (N-methyl/N-ethyl adjacent to an activating group) is 1. The van der Waals surface area contributed by atoms with E-state index in [4.69, 9.17) is 14.7 Å². The molecule has 8 nitrogen and oxygen atoms in total. The van der Waals surface area contributed by atoms with E-state index in [1.165, 1.54) is 7.11 Å². The topological polar surface area (TPSA) is 90.2 Å². The molecule has 1 aromatic carbocycles. The van der Waals surface area contributed by atoms with Gasteiger partial charge in [0.25, 0.3) is 0 Å². The number of imidazole rings is 1. The van der Waals surface area contributed by atoms with Gasteiger partial charge in [0, 0.05) is 42.4 Å². The number of rotatable bonds is 5. The summed E-state index contributed by atoms with van der Waals surface area (Å²) in [4.78, 5) is 40.2. The lowest BCUT2D eigenvalue weighted by molar-refractivity contribution is -0.136. The van der Waals surface area contributed by atoms with Gasteiger partial charge in [0.2, 0.25) is 5.91 Å². The lowest BCUT2D eigenvalue weighted by Crippen LogP contribution is -2.40. The molecular weight excluding hydrogens is 442 g/mol. The number of esters is 1. The highest BCUT2D eigenvalue weighted by molar-refractivity contribution is 5.97. The fraction of sp³-hybridized carbons (Fsp3) is 0.296. The largest absolute Gasteiger partial charge is 0.464 e. The van der Waals surface area contributed by atoms with Gasteiger partial charge < -0.3 is 14.2 Å². The Bertz CT molecular complexity index is 1440. The number of hydrogen-bond acceptors (Lipinski definition) is 6. The van der Waals surface area contributed by atoms with Crippen LogP contribution in [0.4, 0.5) is 0 Å². The minimum absolute atomic E-state index is 0.134. The molecule has 35 heavy (non-hydrogen) atoms. The van der Waals surface area contributed by atoms with Gasteiger partial charge in [-0.1, -0.05) is 32.0 Å². The van der Waals surface area contributed by atoms with E-state index in [1.54, 1.807) is 17.2 Å². The number of methoxy groups -OCH3 is 1. The number of hydrogen-bond donors (Lipinski definition) is 0. The van der Waals surface area contributed by atoms with Crippen molar-refractivity contribution in [3.8, 4) is 22.5 Å². The van der Waals surface area contributed by atoms with Crippen molar-refractivity contribution in [1.82, 2.24) is 24.4 Å². The molecule has 4 heterocycles. The molecule has 0 radical (unpaired) electrons. The van der Waals surface area contributed by atoms with E-state index in [0.717, 1.165) is 57.6 Å². The first-order valence-corrected chi connectivity index (χ1v) is 11.8. The van der Waals surface area contributed by atoms with E-state index in [9.17, 15) is 9.59 Å². The Morgan fingerprint density at radius 1 is 1.14 bits per heavy atom. The van der Waals surface area contributed by atoms with E-state index in [-0.39, 0.29) is 17.6 Å². The molecule has 1 atom stereocenters. The first-order valence-electron chi connectivity index (χ1n) is 11.8. The highest BCUT2D eigenvalue weighted by atomic mass is 16.5. The van der Waals surface area contributed by atoms with Crippen LogP contribution in [0.2, 0.25) is 0 Å². The van der Waals surface area contributed by atoms with E-state index in [0.29, 0.717) is 6.54 Å². The average Bonchev–Trinajstić information content (AvgIpc) is 3.26. The first kappa shape index (κ1) is 22.7. The molecule has 0 saturated carbocycles. The molecular formula is C27H27N5O3. The monoisotopic (exact) mass is 469 g/mol. The Hall–Kier alpha value is -4.07. The van der Waals surface area contributed by atoms with Gasteiger partial charge in [-0.05, 0) is 30.0 Å². The highest BCUT2D eigenvalue weighted by Gasteiger charge is 2.34. The van der Waals surface area contributed by atoms with Crippen molar-refractivity contribution in [3.63, 3.8) is 0 Å². The van der Waals surface area contributed by atoms with Crippen LogP contribution in [-0.4, -0.2) is 50.5 Å². The third kappa shape index (κ3) is 3.75. The Labute approximate surface area is 203 Å². The molecule has 0 fully saturated rings. The van der Waals surface area contributed by atoms with Crippen molar-refractivity contribution in [2.45, 2.75) is 39.3 Å². The standard InChI is InChI=1S/C27H27N5O3/c1-5-22-26(33)31(3)15-23-25(30-24(6-2)32(22)23)18-9-7-8-16-12-21(29-14-19(16)18)17-10-11-20(28-13-17)27(34)35-4/h7-14,22H,5-6,15H2,1-4H3. The normalized spacial score (nSPS) is 15.4. The molecule has 0 N–H and O–H groups in total. The predicted octanol–water partition coefficient (Wildman–Crippen LogP) is 4.43. The Balaban J connectivity index is 1.61. The fourth-order valence-electron chi connectivity index (χ4n) is 4.83. The van der Waals surface area contributed by atoms with Crippen LogP contribution in [0.25, 0.3) is 33.3 Å². The lowest BCUT2D eigenvalue weighted by Gasteiger charge is -2.32. The zero-order chi connectivity index (χ0) is 24.7. The van der Waals surface area contributed by atoms with Crippen molar-refractivity contribution in [2.24, 2.45) is 0 Å². The number of aromatic nitrogens is 4. The van der Waals surface area contributed by atoms with Gasteiger partial charge in [-0.2, -0.15) is 0 Å². The van der Waals surface area contributed by atoms with Gasteiger partial charge in [-0.3, -0.25) is 9.78 Å². The maximum absolute atomic E-state index is 12.8.